The molecule has 1 aromatic heterocycles. The summed E-state index contributed by atoms with van der Waals surface area (Å²) in [5, 5.41) is 0. The van der Waals surface area contributed by atoms with Crippen molar-refractivity contribution in [2.75, 3.05) is 6.54 Å². The lowest BCUT2D eigenvalue weighted by Gasteiger charge is -2.30. The van der Waals surface area contributed by atoms with Crippen LogP contribution in [0.1, 0.15) is 19.8 Å². The van der Waals surface area contributed by atoms with Gasteiger partial charge >= 0.3 is 0 Å². The summed E-state index contributed by atoms with van der Waals surface area (Å²) >= 11 is 0. The molecule has 3 heteroatoms. The summed E-state index contributed by atoms with van der Waals surface area (Å²) in [6.45, 7) is 2.60. The highest BCUT2D eigenvalue weighted by atomic mass is 16.1. The van der Waals surface area contributed by atoms with Crippen LogP contribution in [0.2, 0.25) is 0 Å². The molecule has 1 fully saturated rings. The molecule has 3 nitrogen and oxygen atoms in total. The molecule has 0 bridgehead atoms. The lowest BCUT2D eigenvalue weighted by molar-refractivity contribution is 0.273. The monoisotopic (exact) mass is 192 g/mol. The summed E-state index contributed by atoms with van der Waals surface area (Å²) in [5.41, 5.74) is 5.66. The molecule has 0 amide bonds. The van der Waals surface area contributed by atoms with E-state index in [0.717, 1.165) is 0 Å². The number of nitrogens with zero attached hydrogens (tertiary/aromatic N) is 1. The van der Waals surface area contributed by atoms with Crippen LogP contribution in [0.25, 0.3) is 0 Å². The molecule has 0 aliphatic heterocycles. The Balaban J connectivity index is 2.45. The third-order valence-corrected chi connectivity index (χ3v) is 3.24. The van der Waals surface area contributed by atoms with Gasteiger partial charge in [-0.05, 0) is 31.7 Å². The Morgan fingerprint density at radius 2 is 2.29 bits per heavy atom. The van der Waals surface area contributed by atoms with Gasteiger partial charge in [0, 0.05) is 18.8 Å². The van der Waals surface area contributed by atoms with Gasteiger partial charge in [0.25, 0.3) is 5.56 Å². The highest BCUT2D eigenvalue weighted by Gasteiger charge is 2.42. The van der Waals surface area contributed by atoms with Gasteiger partial charge in [-0.2, -0.15) is 0 Å². The molecule has 1 aliphatic carbocycles. The van der Waals surface area contributed by atoms with E-state index in [1.165, 1.54) is 12.8 Å². The maximum Gasteiger partial charge on any atom is 0.251 e. The lowest BCUT2D eigenvalue weighted by atomic mass is 9.95. The van der Waals surface area contributed by atoms with Crippen molar-refractivity contribution in [3.05, 3.63) is 34.7 Å². The molecule has 76 valence electrons. The quantitative estimate of drug-likeness (QED) is 0.774. The van der Waals surface area contributed by atoms with Crippen molar-refractivity contribution >= 4 is 0 Å². The Kier molecular flexibility index (Phi) is 2.19. The summed E-state index contributed by atoms with van der Waals surface area (Å²) in [5.74, 6) is 0.576. The molecule has 0 aromatic carbocycles. The van der Waals surface area contributed by atoms with Crippen molar-refractivity contribution in [3.8, 4) is 0 Å². The first-order valence-corrected chi connectivity index (χ1v) is 5.07. The first-order chi connectivity index (χ1) is 6.68. The molecule has 0 saturated heterocycles. The minimum Gasteiger partial charge on any atom is -0.328 e. The van der Waals surface area contributed by atoms with E-state index in [1.807, 2.05) is 12.3 Å². The van der Waals surface area contributed by atoms with E-state index in [0.29, 0.717) is 12.5 Å². The number of nitrogens with two attached hydrogens (primary N) is 1. The molecule has 1 saturated carbocycles. The minimum absolute atomic E-state index is 0.0485. The van der Waals surface area contributed by atoms with E-state index >= 15 is 0 Å². The average Bonchev–Trinajstić information content (AvgIpc) is 3.01. The van der Waals surface area contributed by atoms with E-state index in [4.69, 9.17) is 5.73 Å². The smallest absolute Gasteiger partial charge is 0.251 e. The number of pyridine rings is 1. The van der Waals surface area contributed by atoms with Gasteiger partial charge in [0.05, 0.1) is 5.54 Å². The second-order valence-corrected chi connectivity index (χ2v) is 4.24. The predicted molar refractivity (Wildman–Crippen MR) is 56.1 cm³/mol. The first kappa shape index (κ1) is 9.46. The van der Waals surface area contributed by atoms with Crippen molar-refractivity contribution in [2.24, 2.45) is 11.7 Å². The largest absolute Gasteiger partial charge is 0.328 e. The van der Waals surface area contributed by atoms with Crippen LogP contribution in [0, 0.1) is 5.92 Å². The van der Waals surface area contributed by atoms with Crippen molar-refractivity contribution in [2.45, 2.75) is 25.3 Å². The standard InChI is InChI=1S/C11H16N2O/c1-11(8-12,9-5-6-9)13-7-3-2-4-10(13)14/h2-4,7,9H,5-6,8,12H2,1H3. The van der Waals surface area contributed by atoms with Gasteiger partial charge in [0.15, 0.2) is 0 Å². The van der Waals surface area contributed by atoms with Crippen LogP contribution < -0.4 is 11.3 Å². The molecule has 1 aliphatic rings. The third kappa shape index (κ3) is 1.38. The normalized spacial score (nSPS) is 20.4. The molecule has 0 spiro atoms. The van der Waals surface area contributed by atoms with Crippen molar-refractivity contribution < 1.29 is 0 Å². The molecule has 1 aromatic rings. The molecule has 2 N–H and O–H groups in total. The summed E-state index contributed by atoms with van der Waals surface area (Å²) < 4.78 is 1.78. The molecular formula is C11H16N2O. The van der Waals surface area contributed by atoms with Gasteiger partial charge < -0.3 is 10.3 Å². The van der Waals surface area contributed by atoms with Crippen LogP contribution in [0.4, 0.5) is 0 Å². The average molecular weight is 192 g/mol. The zero-order valence-corrected chi connectivity index (χ0v) is 8.44. The van der Waals surface area contributed by atoms with Crippen LogP contribution in [0.5, 0.6) is 0 Å². The Morgan fingerprint density at radius 1 is 1.57 bits per heavy atom. The van der Waals surface area contributed by atoms with Crippen LogP contribution in [0.3, 0.4) is 0 Å². The molecular weight excluding hydrogens is 176 g/mol. The van der Waals surface area contributed by atoms with Gasteiger partial charge in [0.1, 0.15) is 0 Å². The van der Waals surface area contributed by atoms with Crippen molar-refractivity contribution in [1.29, 1.82) is 0 Å². The highest BCUT2D eigenvalue weighted by molar-refractivity contribution is 5.04. The van der Waals surface area contributed by atoms with Gasteiger partial charge in [-0.3, -0.25) is 4.79 Å². The fraction of sp³-hybridized carbons (Fsp3) is 0.545. The SMILES string of the molecule is CC(CN)(C1CC1)n1ccccc1=O. The van der Waals surface area contributed by atoms with Crippen molar-refractivity contribution in [1.82, 2.24) is 4.57 Å². The number of aromatic nitrogens is 1. The fourth-order valence-electron chi connectivity index (χ4n) is 2.02. The summed E-state index contributed by atoms with van der Waals surface area (Å²) in [6.07, 6.45) is 4.22. The maximum absolute atomic E-state index is 11.7. The second-order valence-electron chi connectivity index (χ2n) is 4.24. The van der Waals surface area contributed by atoms with Crippen molar-refractivity contribution in [3.63, 3.8) is 0 Å². The summed E-state index contributed by atoms with van der Waals surface area (Å²) in [7, 11) is 0. The Labute approximate surface area is 83.5 Å². The Hall–Kier alpha value is -1.09. The van der Waals surface area contributed by atoms with Gasteiger partial charge in [-0.25, -0.2) is 0 Å². The first-order valence-electron chi connectivity index (χ1n) is 5.07. The van der Waals surface area contributed by atoms with E-state index < -0.39 is 0 Å². The summed E-state index contributed by atoms with van der Waals surface area (Å²) in [4.78, 5) is 11.7. The van der Waals surface area contributed by atoms with Gasteiger partial charge in [-0.15, -0.1) is 0 Å². The second kappa shape index (κ2) is 3.24. The molecule has 14 heavy (non-hydrogen) atoms. The van der Waals surface area contributed by atoms with Gasteiger partial charge in [-0.1, -0.05) is 6.07 Å². The molecule has 1 unspecified atom stereocenters. The summed E-state index contributed by atoms with van der Waals surface area (Å²) in [6, 6.07) is 5.25. The topological polar surface area (TPSA) is 48.0 Å². The Bertz CT molecular complexity index is 381. The molecule has 1 atom stereocenters. The minimum atomic E-state index is -0.182. The number of hydrogen-bond donors (Lipinski definition) is 1. The van der Waals surface area contributed by atoms with E-state index in [1.54, 1.807) is 16.7 Å². The molecule has 1 heterocycles. The molecule has 2 rings (SSSR count). The van der Waals surface area contributed by atoms with Crippen LogP contribution in [-0.2, 0) is 5.54 Å². The van der Waals surface area contributed by atoms with Crippen LogP contribution >= 0.6 is 0 Å². The predicted octanol–water partition coefficient (Wildman–Crippen LogP) is 0.932. The van der Waals surface area contributed by atoms with Crippen LogP contribution in [-0.4, -0.2) is 11.1 Å². The number of rotatable bonds is 3. The fourth-order valence-corrected chi connectivity index (χ4v) is 2.02. The zero-order valence-electron chi connectivity index (χ0n) is 8.44. The van der Waals surface area contributed by atoms with Crippen LogP contribution in [0.15, 0.2) is 29.2 Å². The highest BCUT2D eigenvalue weighted by Crippen LogP contribution is 2.42. The maximum atomic E-state index is 11.7. The third-order valence-electron chi connectivity index (χ3n) is 3.24. The molecule has 0 radical (unpaired) electrons. The van der Waals surface area contributed by atoms with Gasteiger partial charge in [0.2, 0.25) is 0 Å². The lowest BCUT2D eigenvalue weighted by Crippen LogP contribution is -2.45. The Morgan fingerprint density at radius 3 is 2.79 bits per heavy atom. The van der Waals surface area contributed by atoms with E-state index in [9.17, 15) is 4.79 Å². The van der Waals surface area contributed by atoms with E-state index in [-0.39, 0.29) is 11.1 Å². The number of hydrogen-bond acceptors (Lipinski definition) is 2. The zero-order chi connectivity index (χ0) is 10.2. The van der Waals surface area contributed by atoms with E-state index in [2.05, 4.69) is 6.92 Å².